The molecule has 11 heteroatoms. The monoisotopic (exact) mass is 681 g/mol. The number of hydrogen-bond acceptors (Lipinski definition) is 5. The summed E-state index contributed by atoms with van der Waals surface area (Å²) in [5.41, 5.74) is 1.71. The first kappa shape index (κ1) is 34.8. The van der Waals surface area contributed by atoms with Gasteiger partial charge in [-0.25, -0.2) is 8.42 Å². The number of sulfonamides is 1. The normalized spacial score (nSPS) is 11.8. The summed E-state index contributed by atoms with van der Waals surface area (Å²) < 4.78 is 35.3. The van der Waals surface area contributed by atoms with Gasteiger partial charge in [0, 0.05) is 23.1 Å². The number of nitrogens with zero attached hydrogens (tertiary/aromatic N) is 2. The van der Waals surface area contributed by atoms with Gasteiger partial charge < -0.3 is 15.0 Å². The Labute approximate surface area is 280 Å². The minimum Gasteiger partial charge on any atom is -0.457 e. The number of halogens is 2. The second-order valence-corrected chi connectivity index (χ2v) is 13.4. The highest BCUT2D eigenvalue weighted by Crippen LogP contribution is 2.29. The maximum absolute atomic E-state index is 14.3. The molecule has 4 aromatic carbocycles. The van der Waals surface area contributed by atoms with Crippen molar-refractivity contribution in [2.45, 2.75) is 51.1 Å². The number of nitrogens with one attached hydrogen (secondary N) is 1. The molecule has 0 bridgehead atoms. The van der Waals surface area contributed by atoms with Crippen LogP contribution in [0.4, 0.5) is 5.69 Å². The van der Waals surface area contributed by atoms with Gasteiger partial charge in [-0.05, 0) is 86.0 Å². The number of aryl methyl sites for hydroxylation is 1. The first-order valence-corrected chi connectivity index (χ1v) is 17.2. The van der Waals surface area contributed by atoms with E-state index in [1.54, 1.807) is 61.5 Å². The molecule has 4 aromatic rings. The number of carbonyl (C=O) groups is 2. The van der Waals surface area contributed by atoms with E-state index in [0.717, 1.165) is 9.87 Å². The Morgan fingerprint density at radius 3 is 2.13 bits per heavy atom. The summed E-state index contributed by atoms with van der Waals surface area (Å²) in [6, 6.07) is 26.1. The molecule has 0 aliphatic heterocycles. The fourth-order valence-electron chi connectivity index (χ4n) is 4.79. The minimum atomic E-state index is -4.22. The molecule has 0 saturated carbocycles. The third-order valence-corrected chi connectivity index (χ3v) is 9.66. The minimum absolute atomic E-state index is 0.0236. The Kier molecular flexibility index (Phi) is 12.1. The lowest BCUT2D eigenvalue weighted by molar-refractivity contribution is -0.140. The van der Waals surface area contributed by atoms with Crippen molar-refractivity contribution in [1.29, 1.82) is 0 Å². The summed E-state index contributed by atoms with van der Waals surface area (Å²) in [6.07, 6.45) is 1.01. The maximum atomic E-state index is 14.3. The summed E-state index contributed by atoms with van der Waals surface area (Å²) in [4.78, 5) is 29.0. The van der Waals surface area contributed by atoms with Crippen LogP contribution < -0.4 is 14.4 Å². The second-order valence-electron chi connectivity index (χ2n) is 10.7. The van der Waals surface area contributed by atoms with E-state index in [-0.39, 0.29) is 23.0 Å². The highest BCUT2D eigenvalue weighted by molar-refractivity contribution is 7.92. The van der Waals surface area contributed by atoms with E-state index in [2.05, 4.69) is 5.32 Å². The molecular weight excluding hydrogens is 645 g/mol. The fourth-order valence-corrected chi connectivity index (χ4v) is 6.67. The van der Waals surface area contributed by atoms with Crippen LogP contribution in [-0.2, 0) is 26.2 Å². The van der Waals surface area contributed by atoms with Crippen molar-refractivity contribution in [2.75, 3.05) is 17.4 Å². The number of anilines is 1. The van der Waals surface area contributed by atoms with Crippen LogP contribution in [0.3, 0.4) is 0 Å². The Bertz CT molecular complexity index is 1730. The summed E-state index contributed by atoms with van der Waals surface area (Å²) in [7, 11) is -4.22. The van der Waals surface area contributed by atoms with Crippen LogP contribution in [0.2, 0.25) is 10.0 Å². The van der Waals surface area contributed by atoms with Crippen molar-refractivity contribution in [3.05, 3.63) is 118 Å². The molecule has 1 atom stereocenters. The molecule has 4 rings (SSSR count). The number of hydrogen-bond donors (Lipinski definition) is 1. The average molecular weight is 683 g/mol. The fraction of sp³-hybridized carbons (Fsp3) is 0.257. The number of amides is 2. The molecule has 0 spiro atoms. The maximum Gasteiger partial charge on any atom is 0.264 e. The lowest BCUT2D eigenvalue weighted by atomic mass is 10.1. The van der Waals surface area contributed by atoms with Crippen molar-refractivity contribution in [3.8, 4) is 11.5 Å². The van der Waals surface area contributed by atoms with Gasteiger partial charge in [0.25, 0.3) is 10.0 Å². The van der Waals surface area contributed by atoms with Crippen LogP contribution in [0.5, 0.6) is 11.5 Å². The van der Waals surface area contributed by atoms with Crippen LogP contribution in [0.15, 0.2) is 102 Å². The van der Waals surface area contributed by atoms with Crippen LogP contribution in [0, 0.1) is 6.92 Å². The number of benzene rings is 4. The number of rotatable bonds is 14. The lowest BCUT2D eigenvalue weighted by Crippen LogP contribution is -2.52. The molecule has 2 amide bonds. The third-order valence-electron chi connectivity index (χ3n) is 7.28. The van der Waals surface area contributed by atoms with Gasteiger partial charge in [0.15, 0.2) is 0 Å². The highest BCUT2D eigenvalue weighted by atomic mass is 35.5. The van der Waals surface area contributed by atoms with Gasteiger partial charge in [-0.15, -0.1) is 0 Å². The molecule has 242 valence electrons. The summed E-state index contributed by atoms with van der Waals surface area (Å²) in [5.74, 6) is 0.201. The van der Waals surface area contributed by atoms with E-state index in [0.29, 0.717) is 46.5 Å². The van der Waals surface area contributed by atoms with Crippen LogP contribution >= 0.6 is 23.2 Å². The Balaban J connectivity index is 1.74. The van der Waals surface area contributed by atoms with E-state index in [4.69, 9.17) is 27.9 Å². The SMILES string of the molecule is CCCNC(=O)[C@@H](CC)N(Cc1ccc(Cl)cc1Cl)C(=O)CN(c1ccc(Oc2ccccc2)cc1)S(=O)(=O)c1ccc(C)cc1. The van der Waals surface area contributed by atoms with Gasteiger partial charge >= 0.3 is 0 Å². The van der Waals surface area contributed by atoms with Crippen molar-refractivity contribution in [2.24, 2.45) is 0 Å². The zero-order valence-electron chi connectivity index (χ0n) is 26.0. The Hall–Kier alpha value is -4.05. The van der Waals surface area contributed by atoms with E-state index < -0.39 is 28.5 Å². The first-order valence-electron chi connectivity index (χ1n) is 15.0. The van der Waals surface area contributed by atoms with Gasteiger partial charge in [-0.2, -0.15) is 0 Å². The molecule has 0 unspecified atom stereocenters. The van der Waals surface area contributed by atoms with Gasteiger partial charge in [-0.3, -0.25) is 13.9 Å². The summed E-state index contributed by atoms with van der Waals surface area (Å²) in [5, 5.41) is 3.62. The zero-order chi connectivity index (χ0) is 33.3. The molecular formula is C35H37Cl2N3O5S. The standard InChI is InChI=1S/C35H37Cl2N3O5S/c1-4-21-38-35(42)33(5-2)39(23-26-13-14-27(36)22-32(26)37)34(41)24-40(46(43,44)31-19-11-25(3)12-20-31)28-15-17-30(18-16-28)45-29-9-7-6-8-10-29/h6-20,22,33H,4-5,21,23-24H2,1-3H3,(H,38,42)/t33-/m1/s1. The molecule has 1 N–H and O–H groups in total. The van der Waals surface area contributed by atoms with Gasteiger partial charge in [-0.1, -0.05) is 79.0 Å². The first-order chi connectivity index (χ1) is 22.0. The Morgan fingerprint density at radius 1 is 0.870 bits per heavy atom. The molecule has 0 saturated heterocycles. The molecule has 0 aliphatic carbocycles. The summed E-state index contributed by atoms with van der Waals surface area (Å²) in [6.45, 7) is 5.42. The average Bonchev–Trinajstić information content (AvgIpc) is 3.04. The molecule has 0 aromatic heterocycles. The van der Waals surface area contributed by atoms with Crippen LogP contribution in [0.25, 0.3) is 0 Å². The van der Waals surface area contributed by atoms with Crippen molar-refractivity contribution >= 4 is 50.7 Å². The summed E-state index contributed by atoms with van der Waals surface area (Å²) >= 11 is 12.6. The number of para-hydroxylation sites is 1. The van der Waals surface area contributed by atoms with Crippen molar-refractivity contribution in [1.82, 2.24) is 10.2 Å². The second kappa shape index (κ2) is 16.0. The predicted molar refractivity (Wildman–Crippen MR) is 183 cm³/mol. The van der Waals surface area contributed by atoms with E-state index in [9.17, 15) is 18.0 Å². The molecule has 8 nitrogen and oxygen atoms in total. The number of ether oxygens (including phenoxy) is 1. The largest absolute Gasteiger partial charge is 0.457 e. The van der Waals surface area contributed by atoms with Crippen molar-refractivity contribution < 1.29 is 22.7 Å². The Morgan fingerprint density at radius 2 is 1.52 bits per heavy atom. The molecule has 46 heavy (non-hydrogen) atoms. The van der Waals surface area contributed by atoms with E-state index >= 15 is 0 Å². The van der Waals surface area contributed by atoms with Gasteiger partial charge in [0.1, 0.15) is 24.1 Å². The topological polar surface area (TPSA) is 96.0 Å². The third kappa shape index (κ3) is 8.81. The zero-order valence-corrected chi connectivity index (χ0v) is 28.3. The van der Waals surface area contributed by atoms with E-state index in [1.807, 2.05) is 44.2 Å². The van der Waals surface area contributed by atoms with Crippen LogP contribution in [0.1, 0.15) is 37.8 Å². The molecule has 0 radical (unpaired) electrons. The van der Waals surface area contributed by atoms with Gasteiger partial charge in [0.2, 0.25) is 11.8 Å². The lowest BCUT2D eigenvalue weighted by Gasteiger charge is -2.33. The molecule has 0 heterocycles. The van der Waals surface area contributed by atoms with Gasteiger partial charge in [0.05, 0.1) is 10.6 Å². The molecule has 0 fully saturated rings. The highest BCUT2D eigenvalue weighted by Gasteiger charge is 2.34. The van der Waals surface area contributed by atoms with Crippen LogP contribution in [-0.4, -0.2) is 44.3 Å². The van der Waals surface area contributed by atoms with E-state index in [1.165, 1.54) is 17.0 Å². The predicted octanol–water partition coefficient (Wildman–Crippen LogP) is 7.62. The molecule has 0 aliphatic rings. The smallest absolute Gasteiger partial charge is 0.264 e. The number of carbonyl (C=O) groups excluding carboxylic acids is 2. The van der Waals surface area contributed by atoms with Crippen molar-refractivity contribution in [3.63, 3.8) is 0 Å². The quantitative estimate of drug-likeness (QED) is 0.148.